The Morgan fingerprint density at radius 1 is 0.733 bits per heavy atom. The van der Waals surface area contributed by atoms with Gasteiger partial charge in [-0.05, 0) is 61.4 Å². The smallest absolute Gasteiger partial charge is 0.243 e. The first-order valence-corrected chi connectivity index (χ1v) is 10.8. The van der Waals surface area contributed by atoms with Crippen LogP contribution in [0.4, 0.5) is 17.1 Å². The van der Waals surface area contributed by atoms with Crippen LogP contribution in [0, 0.1) is 0 Å². The lowest BCUT2D eigenvalue weighted by Crippen LogP contribution is -2.21. The average molecular weight is 412 g/mol. The first-order valence-electron chi connectivity index (χ1n) is 10.8. The minimum absolute atomic E-state index is 0.00509. The van der Waals surface area contributed by atoms with Gasteiger partial charge < -0.3 is 20.7 Å². The standard InChI is InChI=1S/C24H33N3O3/c1-3-5-6-7-17-30-22-15-13-21(14-16-22)27-24(29)18-25-19-9-11-20(12-10-19)26-23(28)8-4-2/h9-16,25H,3-8,17-18H2,1-2H3,(H,26,28)(H,27,29). The minimum Gasteiger partial charge on any atom is -0.494 e. The first kappa shape index (κ1) is 23.3. The van der Waals surface area contributed by atoms with Crippen LogP contribution in [0.5, 0.6) is 5.75 Å². The van der Waals surface area contributed by atoms with Gasteiger partial charge in [-0.15, -0.1) is 0 Å². The predicted octanol–water partition coefficient (Wildman–Crippen LogP) is 5.43. The molecule has 0 aliphatic heterocycles. The van der Waals surface area contributed by atoms with Crippen molar-refractivity contribution in [2.75, 3.05) is 29.1 Å². The van der Waals surface area contributed by atoms with E-state index in [1.165, 1.54) is 19.3 Å². The molecule has 0 unspecified atom stereocenters. The summed E-state index contributed by atoms with van der Waals surface area (Å²) >= 11 is 0. The molecule has 0 aromatic heterocycles. The highest BCUT2D eigenvalue weighted by Crippen LogP contribution is 2.17. The second kappa shape index (κ2) is 13.2. The number of benzene rings is 2. The predicted molar refractivity (Wildman–Crippen MR) is 123 cm³/mol. The molecule has 0 heterocycles. The maximum atomic E-state index is 12.2. The Morgan fingerprint density at radius 2 is 1.33 bits per heavy atom. The summed E-state index contributed by atoms with van der Waals surface area (Å²) in [6, 6.07) is 14.7. The molecule has 0 aliphatic carbocycles. The summed E-state index contributed by atoms with van der Waals surface area (Å²) in [6.07, 6.45) is 6.02. The number of ether oxygens (including phenoxy) is 1. The molecular formula is C24H33N3O3. The Kier molecular flexibility index (Phi) is 10.3. The molecule has 6 nitrogen and oxygen atoms in total. The third kappa shape index (κ3) is 8.99. The molecule has 3 N–H and O–H groups in total. The Bertz CT molecular complexity index is 773. The molecule has 0 fully saturated rings. The van der Waals surface area contributed by atoms with Gasteiger partial charge in [0.25, 0.3) is 0 Å². The SMILES string of the molecule is CCCCCCOc1ccc(NC(=O)CNc2ccc(NC(=O)CCC)cc2)cc1. The van der Waals surface area contributed by atoms with Crippen molar-refractivity contribution in [3.05, 3.63) is 48.5 Å². The van der Waals surface area contributed by atoms with Crippen LogP contribution in [0.2, 0.25) is 0 Å². The number of hydrogen-bond donors (Lipinski definition) is 3. The van der Waals surface area contributed by atoms with Gasteiger partial charge in [0.2, 0.25) is 11.8 Å². The summed E-state index contributed by atoms with van der Waals surface area (Å²) in [4.78, 5) is 23.8. The zero-order chi connectivity index (χ0) is 21.6. The molecule has 0 aliphatic rings. The highest BCUT2D eigenvalue weighted by Gasteiger charge is 2.04. The molecule has 0 radical (unpaired) electrons. The second-order valence-electron chi connectivity index (χ2n) is 7.21. The number of amides is 2. The Hall–Kier alpha value is -3.02. The van der Waals surface area contributed by atoms with E-state index in [-0.39, 0.29) is 18.4 Å². The van der Waals surface area contributed by atoms with Crippen molar-refractivity contribution in [3.8, 4) is 5.75 Å². The van der Waals surface area contributed by atoms with Crippen LogP contribution in [0.25, 0.3) is 0 Å². The van der Waals surface area contributed by atoms with E-state index in [2.05, 4.69) is 22.9 Å². The van der Waals surface area contributed by atoms with Crippen LogP contribution in [0.1, 0.15) is 52.4 Å². The Labute approximate surface area is 179 Å². The molecule has 0 saturated carbocycles. The van der Waals surface area contributed by atoms with Gasteiger partial charge >= 0.3 is 0 Å². The van der Waals surface area contributed by atoms with E-state index in [0.717, 1.165) is 42.3 Å². The molecule has 0 bridgehead atoms. The van der Waals surface area contributed by atoms with E-state index in [9.17, 15) is 9.59 Å². The lowest BCUT2D eigenvalue weighted by molar-refractivity contribution is -0.116. The summed E-state index contributed by atoms with van der Waals surface area (Å²) in [6.45, 7) is 5.03. The van der Waals surface area contributed by atoms with Crippen molar-refractivity contribution in [3.63, 3.8) is 0 Å². The van der Waals surface area contributed by atoms with E-state index in [0.29, 0.717) is 6.42 Å². The molecular weight excluding hydrogens is 378 g/mol. The number of rotatable bonds is 13. The van der Waals surface area contributed by atoms with E-state index in [4.69, 9.17) is 4.74 Å². The van der Waals surface area contributed by atoms with Crippen LogP contribution in [0.3, 0.4) is 0 Å². The summed E-state index contributed by atoms with van der Waals surface area (Å²) in [5.74, 6) is 0.683. The number of carbonyl (C=O) groups is 2. The van der Waals surface area contributed by atoms with Gasteiger partial charge in [0.15, 0.2) is 0 Å². The van der Waals surface area contributed by atoms with Crippen molar-refractivity contribution in [1.29, 1.82) is 0 Å². The van der Waals surface area contributed by atoms with Gasteiger partial charge in [-0.3, -0.25) is 9.59 Å². The summed E-state index contributed by atoms with van der Waals surface area (Å²) in [5.41, 5.74) is 2.29. The maximum Gasteiger partial charge on any atom is 0.243 e. The number of hydrogen-bond acceptors (Lipinski definition) is 4. The van der Waals surface area contributed by atoms with Crippen LogP contribution in [0.15, 0.2) is 48.5 Å². The van der Waals surface area contributed by atoms with Gasteiger partial charge in [-0.1, -0.05) is 33.1 Å². The fraction of sp³-hybridized carbons (Fsp3) is 0.417. The lowest BCUT2D eigenvalue weighted by atomic mass is 10.2. The van der Waals surface area contributed by atoms with Crippen LogP contribution in [-0.2, 0) is 9.59 Å². The van der Waals surface area contributed by atoms with E-state index < -0.39 is 0 Å². The third-order valence-electron chi connectivity index (χ3n) is 4.50. The molecule has 0 atom stereocenters. The van der Waals surface area contributed by atoms with E-state index in [1.54, 1.807) is 0 Å². The quantitative estimate of drug-likeness (QED) is 0.384. The van der Waals surface area contributed by atoms with Crippen molar-refractivity contribution in [2.45, 2.75) is 52.4 Å². The zero-order valence-electron chi connectivity index (χ0n) is 18.0. The Balaban J connectivity index is 1.70. The number of anilines is 3. The normalized spacial score (nSPS) is 10.3. The van der Waals surface area contributed by atoms with Crippen LogP contribution < -0.4 is 20.7 Å². The van der Waals surface area contributed by atoms with Crippen molar-refractivity contribution < 1.29 is 14.3 Å². The topological polar surface area (TPSA) is 79.5 Å². The third-order valence-corrected chi connectivity index (χ3v) is 4.50. The summed E-state index contributed by atoms with van der Waals surface area (Å²) < 4.78 is 5.71. The largest absolute Gasteiger partial charge is 0.494 e. The summed E-state index contributed by atoms with van der Waals surface area (Å²) in [5, 5.41) is 8.78. The van der Waals surface area contributed by atoms with Crippen molar-refractivity contribution in [2.24, 2.45) is 0 Å². The van der Waals surface area contributed by atoms with Gasteiger partial charge in [-0.2, -0.15) is 0 Å². The fourth-order valence-corrected chi connectivity index (χ4v) is 2.86. The number of nitrogens with one attached hydrogen (secondary N) is 3. The van der Waals surface area contributed by atoms with Gasteiger partial charge in [0.05, 0.1) is 13.2 Å². The maximum absolute atomic E-state index is 12.2. The molecule has 30 heavy (non-hydrogen) atoms. The molecule has 2 rings (SSSR count). The molecule has 2 aromatic rings. The lowest BCUT2D eigenvalue weighted by Gasteiger charge is -2.10. The van der Waals surface area contributed by atoms with Gasteiger partial charge in [0.1, 0.15) is 5.75 Å². The minimum atomic E-state index is -0.136. The monoisotopic (exact) mass is 411 g/mol. The van der Waals surface area contributed by atoms with E-state index >= 15 is 0 Å². The highest BCUT2D eigenvalue weighted by atomic mass is 16.5. The Morgan fingerprint density at radius 3 is 1.97 bits per heavy atom. The molecule has 6 heteroatoms. The van der Waals surface area contributed by atoms with Crippen LogP contribution >= 0.6 is 0 Å². The molecule has 162 valence electrons. The number of carbonyl (C=O) groups excluding carboxylic acids is 2. The molecule has 0 saturated heterocycles. The zero-order valence-corrected chi connectivity index (χ0v) is 18.0. The second-order valence-corrected chi connectivity index (χ2v) is 7.21. The fourth-order valence-electron chi connectivity index (χ4n) is 2.86. The molecule has 0 spiro atoms. The first-order chi connectivity index (χ1) is 14.6. The van der Waals surface area contributed by atoms with Crippen LogP contribution in [-0.4, -0.2) is 25.0 Å². The summed E-state index contributed by atoms with van der Waals surface area (Å²) in [7, 11) is 0. The van der Waals surface area contributed by atoms with Gasteiger partial charge in [-0.25, -0.2) is 0 Å². The average Bonchev–Trinajstić information content (AvgIpc) is 2.74. The van der Waals surface area contributed by atoms with Crippen molar-refractivity contribution in [1.82, 2.24) is 0 Å². The molecule has 2 aromatic carbocycles. The number of unbranched alkanes of at least 4 members (excludes halogenated alkanes) is 3. The van der Waals surface area contributed by atoms with E-state index in [1.807, 2.05) is 55.5 Å². The van der Waals surface area contributed by atoms with Crippen molar-refractivity contribution >= 4 is 28.9 Å². The van der Waals surface area contributed by atoms with Gasteiger partial charge in [0, 0.05) is 23.5 Å². The highest BCUT2D eigenvalue weighted by molar-refractivity contribution is 5.94. The molecule has 2 amide bonds.